The Morgan fingerprint density at radius 3 is 2.57 bits per heavy atom. The molecule has 0 atom stereocenters. The van der Waals surface area contributed by atoms with Crippen molar-refractivity contribution in [3.63, 3.8) is 0 Å². The van der Waals surface area contributed by atoms with E-state index in [2.05, 4.69) is 48.1 Å². The van der Waals surface area contributed by atoms with E-state index in [4.69, 9.17) is 0 Å². The molecule has 2 aromatic carbocycles. The fourth-order valence-electron chi connectivity index (χ4n) is 2.91. The SMILES string of the molecule is Cc1cc(F)cc(NCc2c(C)c3ccccc3n2C)c1. The second kappa shape index (κ2) is 5.24. The molecule has 0 aliphatic carbocycles. The maximum absolute atomic E-state index is 13.4. The van der Waals surface area contributed by atoms with Gasteiger partial charge in [0.1, 0.15) is 5.82 Å². The number of aryl methyl sites for hydroxylation is 3. The number of benzene rings is 2. The lowest BCUT2D eigenvalue weighted by atomic mass is 10.1. The van der Waals surface area contributed by atoms with Gasteiger partial charge in [-0.15, -0.1) is 0 Å². The lowest BCUT2D eigenvalue weighted by molar-refractivity contribution is 0.627. The van der Waals surface area contributed by atoms with Crippen LogP contribution in [0, 0.1) is 19.7 Å². The van der Waals surface area contributed by atoms with Crippen LogP contribution in [0.2, 0.25) is 0 Å². The number of nitrogens with one attached hydrogen (secondary N) is 1. The highest BCUT2D eigenvalue weighted by Crippen LogP contribution is 2.25. The fourth-order valence-corrected chi connectivity index (χ4v) is 2.91. The van der Waals surface area contributed by atoms with Gasteiger partial charge < -0.3 is 9.88 Å². The molecule has 3 aromatic rings. The lowest BCUT2D eigenvalue weighted by Crippen LogP contribution is -2.06. The number of anilines is 1. The van der Waals surface area contributed by atoms with Crippen molar-refractivity contribution in [2.75, 3.05) is 5.32 Å². The maximum Gasteiger partial charge on any atom is 0.125 e. The van der Waals surface area contributed by atoms with Gasteiger partial charge in [-0.25, -0.2) is 4.39 Å². The number of hydrogen-bond donors (Lipinski definition) is 1. The summed E-state index contributed by atoms with van der Waals surface area (Å²) in [7, 11) is 2.07. The van der Waals surface area contributed by atoms with Crippen molar-refractivity contribution in [2.24, 2.45) is 7.05 Å². The van der Waals surface area contributed by atoms with Crippen LogP contribution in [0.15, 0.2) is 42.5 Å². The first-order valence-corrected chi connectivity index (χ1v) is 7.10. The summed E-state index contributed by atoms with van der Waals surface area (Å²) in [4.78, 5) is 0. The summed E-state index contributed by atoms with van der Waals surface area (Å²) in [6, 6.07) is 13.4. The van der Waals surface area contributed by atoms with Crippen molar-refractivity contribution in [2.45, 2.75) is 20.4 Å². The van der Waals surface area contributed by atoms with Crippen molar-refractivity contribution in [3.05, 3.63) is 65.1 Å². The van der Waals surface area contributed by atoms with Crippen molar-refractivity contribution in [1.82, 2.24) is 4.57 Å². The van der Waals surface area contributed by atoms with Crippen LogP contribution in [0.5, 0.6) is 0 Å². The van der Waals surface area contributed by atoms with E-state index in [1.165, 1.54) is 34.3 Å². The number of aromatic nitrogens is 1. The van der Waals surface area contributed by atoms with Crippen LogP contribution in [0.4, 0.5) is 10.1 Å². The Kier molecular flexibility index (Phi) is 3.42. The smallest absolute Gasteiger partial charge is 0.125 e. The van der Waals surface area contributed by atoms with E-state index in [1.54, 1.807) is 0 Å². The minimum atomic E-state index is -0.203. The molecule has 0 fully saturated rings. The average molecular weight is 282 g/mol. The van der Waals surface area contributed by atoms with Gasteiger partial charge in [0.05, 0.1) is 6.54 Å². The highest BCUT2D eigenvalue weighted by atomic mass is 19.1. The summed E-state index contributed by atoms with van der Waals surface area (Å²) < 4.78 is 15.6. The molecule has 108 valence electrons. The number of fused-ring (bicyclic) bond motifs is 1. The Hall–Kier alpha value is -2.29. The van der Waals surface area contributed by atoms with E-state index in [1.807, 2.05) is 13.0 Å². The number of rotatable bonds is 3. The average Bonchev–Trinajstić information content (AvgIpc) is 2.69. The van der Waals surface area contributed by atoms with Crippen LogP contribution >= 0.6 is 0 Å². The lowest BCUT2D eigenvalue weighted by Gasteiger charge is -2.10. The van der Waals surface area contributed by atoms with E-state index in [0.29, 0.717) is 6.54 Å². The minimum Gasteiger partial charge on any atom is -0.379 e. The zero-order valence-electron chi connectivity index (χ0n) is 12.6. The van der Waals surface area contributed by atoms with E-state index < -0.39 is 0 Å². The van der Waals surface area contributed by atoms with E-state index in [0.717, 1.165) is 11.3 Å². The maximum atomic E-state index is 13.4. The second-order valence-corrected chi connectivity index (χ2v) is 5.52. The molecule has 1 aromatic heterocycles. The molecule has 0 unspecified atom stereocenters. The van der Waals surface area contributed by atoms with Gasteiger partial charge in [0.25, 0.3) is 0 Å². The zero-order chi connectivity index (χ0) is 15.0. The molecule has 0 amide bonds. The normalized spacial score (nSPS) is 11.0. The Bertz CT molecular complexity index is 743. The van der Waals surface area contributed by atoms with Gasteiger partial charge in [-0.1, -0.05) is 18.2 Å². The second-order valence-electron chi connectivity index (χ2n) is 5.52. The summed E-state index contributed by atoms with van der Waals surface area (Å²) in [5.41, 5.74) is 5.46. The van der Waals surface area contributed by atoms with Crippen LogP contribution in [0.3, 0.4) is 0 Å². The van der Waals surface area contributed by atoms with Crippen molar-refractivity contribution >= 4 is 16.6 Å². The molecule has 1 heterocycles. The topological polar surface area (TPSA) is 17.0 Å². The molecule has 0 saturated heterocycles. The molecule has 0 spiro atoms. The van der Waals surface area contributed by atoms with Gasteiger partial charge in [-0.05, 0) is 49.2 Å². The predicted octanol–water partition coefficient (Wildman–Crippen LogP) is 4.55. The molecular formula is C18H19FN2. The molecule has 3 rings (SSSR count). The third-order valence-corrected chi connectivity index (χ3v) is 4.01. The van der Waals surface area contributed by atoms with Crippen LogP contribution < -0.4 is 5.32 Å². The number of halogens is 1. The molecule has 1 N–H and O–H groups in total. The first kappa shape index (κ1) is 13.7. The fraction of sp³-hybridized carbons (Fsp3) is 0.222. The summed E-state index contributed by atoms with van der Waals surface area (Å²) in [5, 5.41) is 4.59. The zero-order valence-corrected chi connectivity index (χ0v) is 12.6. The third kappa shape index (κ3) is 2.51. The number of para-hydroxylation sites is 1. The third-order valence-electron chi connectivity index (χ3n) is 4.01. The summed E-state index contributed by atoms with van der Waals surface area (Å²) >= 11 is 0. The summed E-state index contributed by atoms with van der Waals surface area (Å²) in [6.45, 7) is 4.71. The molecule has 3 heteroatoms. The summed E-state index contributed by atoms with van der Waals surface area (Å²) in [5.74, 6) is -0.203. The highest BCUT2D eigenvalue weighted by molar-refractivity contribution is 5.85. The van der Waals surface area contributed by atoms with E-state index in [9.17, 15) is 4.39 Å². The Labute approximate surface area is 124 Å². The van der Waals surface area contributed by atoms with Crippen LogP contribution in [0.1, 0.15) is 16.8 Å². The standard InChI is InChI=1S/C18H19FN2/c1-12-8-14(19)10-15(9-12)20-11-18-13(2)16-6-4-5-7-17(16)21(18)3/h4-10,20H,11H2,1-3H3. The van der Waals surface area contributed by atoms with Crippen molar-refractivity contribution in [1.29, 1.82) is 0 Å². The molecule has 0 aliphatic rings. The first-order valence-electron chi connectivity index (χ1n) is 7.10. The Morgan fingerprint density at radius 2 is 1.86 bits per heavy atom. The first-order chi connectivity index (χ1) is 10.1. The van der Waals surface area contributed by atoms with Gasteiger partial charge in [0.2, 0.25) is 0 Å². The van der Waals surface area contributed by atoms with Gasteiger partial charge in [0, 0.05) is 29.3 Å². The minimum absolute atomic E-state index is 0.203. The quantitative estimate of drug-likeness (QED) is 0.746. The van der Waals surface area contributed by atoms with Crippen molar-refractivity contribution in [3.8, 4) is 0 Å². The predicted molar refractivity (Wildman–Crippen MR) is 86.1 cm³/mol. The van der Waals surface area contributed by atoms with Crippen LogP contribution in [-0.2, 0) is 13.6 Å². The largest absolute Gasteiger partial charge is 0.379 e. The molecule has 2 nitrogen and oxygen atoms in total. The Balaban J connectivity index is 1.92. The van der Waals surface area contributed by atoms with Gasteiger partial charge in [0.15, 0.2) is 0 Å². The Morgan fingerprint density at radius 1 is 1.10 bits per heavy atom. The molecule has 0 bridgehead atoms. The highest BCUT2D eigenvalue weighted by Gasteiger charge is 2.10. The molecule has 21 heavy (non-hydrogen) atoms. The van der Waals surface area contributed by atoms with Crippen LogP contribution in [-0.4, -0.2) is 4.57 Å². The summed E-state index contributed by atoms with van der Waals surface area (Å²) in [6.07, 6.45) is 0. The van der Waals surface area contributed by atoms with E-state index >= 15 is 0 Å². The van der Waals surface area contributed by atoms with E-state index in [-0.39, 0.29) is 5.82 Å². The molecule has 0 radical (unpaired) electrons. The monoisotopic (exact) mass is 282 g/mol. The number of nitrogens with zero attached hydrogens (tertiary/aromatic N) is 1. The number of hydrogen-bond acceptors (Lipinski definition) is 1. The van der Waals surface area contributed by atoms with Crippen LogP contribution in [0.25, 0.3) is 10.9 Å². The molecular weight excluding hydrogens is 263 g/mol. The van der Waals surface area contributed by atoms with Gasteiger partial charge in [-0.3, -0.25) is 0 Å². The molecule has 0 aliphatic heterocycles. The van der Waals surface area contributed by atoms with Gasteiger partial charge in [-0.2, -0.15) is 0 Å². The molecule has 0 saturated carbocycles. The van der Waals surface area contributed by atoms with Crippen molar-refractivity contribution < 1.29 is 4.39 Å². The van der Waals surface area contributed by atoms with Gasteiger partial charge >= 0.3 is 0 Å².